The minimum Gasteiger partial charge on any atom is -0.293 e. The van der Waals surface area contributed by atoms with Crippen LogP contribution in [0.3, 0.4) is 0 Å². The number of fused-ring (bicyclic) bond motifs is 2. The minimum absolute atomic E-state index is 0.734. The van der Waals surface area contributed by atoms with Gasteiger partial charge in [-0.1, -0.05) is 35.3 Å². The second kappa shape index (κ2) is 6.16. The van der Waals surface area contributed by atoms with Gasteiger partial charge in [-0.15, -0.1) is 11.8 Å². The van der Waals surface area contributed by atoms with Gasteiger partial charge >= 0.3 is 0 Å². The van der Waals surface area contributed by atoms with Gasteiger partial charge in [0, 0.05) is 27.4 Å². The van der Waals surface area contributed by atoms with E-state index in [2.05, 4.69) is 23.8 Å². The van der Waals surface area contributed by atoms with E-state index in [4.69, 9.17) is 23.2 Å². The molecule has 2 aromatic rings. The summed E-state index contributed by atoms with van der Waals surface area (Å²) in [5.74, 6) is 1.03. The Morgan fingerprint density at radius 3 is 2.70 bits per heavy atom. The topological polar surface area (TPSA) is 15.3 Å². The van der Waals surface area contributed by atoms with Crippen molar-refractivity contribution in [3.63, 3.8) is 0 Å². The van der Waals surface area contributed by atoms with Crippen LogP contribution < -0.4 is 10.4 Å². The molecule has 23 heavy (non-hydrogen) atoms. The monoisotopic (exact) mass is 360 g/mol. The lowest BCUT2D eigenvalue weighted by Crippen LogP contribution is -2.35. The summed E-state index contributed by atoms with van der Waals surface area (Å²) in [7, 11) is 0. The molecule has 0 spiro atoms. The molecular weight excluding hydrogens is 347 g/mol. The van der Waals surface area contributed by atoms with Crippen LogP contribution >= 0.6 is 35.0 Å². The molecule has 1 N–H and O–H groups in total. The first kappa shape index (κ1) is 15.0. The maximum atomic E-state index is 6.40. The molecule has 116 valence electrons. The molecule has 0 amide bonds. The number of hydrogen-bond acceptors (Lipinski definition) is 3. The molecular formula is C18H14Cl2N2S. The van der Waals surface area contributed by atoms with Gasteiger partial charge in [-0.05, 0) is 48.4 Å². The van der Waals surface area contributed by atoms with Crippen molar-refractivity contribution in [1.29, 1.82) is 0 Å². The third-order valence-electron chi connectivity index (χ3n) is 3.94. The minimum atomic E-state index is 0.734. The Morgan fingerprint density at radius 1 is 1.04 bits per heavy atom. The van der Waals surface area contributed by atoms with E-state index in [1.807, 2.05) is 53.2 Å². The second-order valence-corrected chi connectivity index (χ2v) is 7.34. The quantitative estimate of drug-likeness (QED) is 0.697. The van der Waals surface area contributed by atoms with Gasteiger partial charge in [-0.2, -0.15) is 0 Å². The first-order valence-corrected chi connectivity index (χ1v) is 9.11. The number of hydrogen-bond donors (Lipinski definition) is 1. The molecule has 4 rings (SSSR count). The highest BCUT2D eigenvalue weighted by Crippen LogP contribution is 2.40. The molecule has 0 aromatic heterocycles. The van der Waals surface area contributed by atoms with Crippen molar-refractivity contribution in [3.05, 3.63) is 75.9 Å². The highest BCUT2D eigenvalue weighted by atomic mass is 35.5. The van der Waals surface area contributed by atoms with Crippen LogP contribution in [0, 0.1) is 0 Å². The maximum absolute atomic E-state index is 6.40. The van der Waals surface area contributed by atoms with Crippen LogP contribution in [-0.2, 0) is 0 Å². The second-order valence-electron chi connectivity index (χ2n) is 5.39. The van der Waals surface area contributed by atoms with Crippen LogP contribution in [0.1, 0.15) is 12.0 Å². The van der Waals surface area contributed by atoms with Crippen LogP contribution in [0.15, 0.2) is 65.2 Å². The standard InChI is InChI=1S/C18H14Cl2N2S/c19-13-4-6-14(7-5-13)22-10-8-12-9-11-23-18-15(17(12)21-22)2-1-3-16(18)20/h1-8,10,21H,9,11H2. The van der Waals surface area contributed by atoms with E-state index in [0.717, 1.165) is 38.5 Å². The fraction of sp³-hybridized carbons (Fsp3) is 0.111. The first-order chi connectivity index (χ1) is 11.2. The van der Waals surface area contributed by atoms with Gasteiger partial charge in [0.2, 0.25) is 0 Å². The van der Waals surface area contributed by atoms with Crippen molar-refractivity contribution < 1.29 is 0 Å². The van der Waals surface area contributed by atoms with Crippen LogP contribution in [0.2, 0.25) is 10.0 Å². The summed E-state index contributed by atoms with van der Waals surface area (Å²) in [5, 5.41) is 3.56. The Labute approximate surface area is 149 Å². The fourth-order valence-electron chi connectivity index (χ4n) is 2.79. The lowest BCUT2D eigenvalue weighted by molar-refractivity contribution is 0.868. The number of thioether (sulfide) groups is 1. The molecule has 0 saturated carbocycles. The molecule has 0 radical (unpaired) electrons. The largest absolute Gasteiger partial charge is 0.293 e. The molecule has 0 unspecified atom stereocenters. The van der Waals surface area contributed by atoms with Gasteiger partial charge in [0.15, 0.2) is 0 Å². The van der Waals surface area contributed by atoms with Crippen molar-refractivity contribution in [2.75, 3.05) is 10.8 Å². The number of anilines is 1. The maximum Gasteiger partial charge on any atom is 0.0662 e. The molecule has 2 aliphatic heterocycles. The molecule has 2 nitrogen and oxygen atoms in total. The van der Waals surface area contributed by atoms with Gasteiger partial charge in [0.1, 0.15) is 0 Å². The number of nitrogens with zero attached hydrogens (tertiary/aromatic N) is 1. The Hall–Kier alpha value is -1.55. The Kier molecular flexibility index (Phi) is 4.02. The molecule has 0 bridgehead atoms. The molecule has 2 heterocycles. The summed E-state index contributed by atoms with van der Waals surface area (Å²) in [5.41, 5.74) is 8.17. The Morgan fingerprint density at radius 2 is 1.87 bits per heavy atom. The van der Waals surface area contributed by atoms with Crippen molar-refractivity contribution in [2.45, 2.75) is 11.3 Å². The van der Waals surface area contributed by atoms with E-state index < -0.39 is 0 Å². The van der Waals surface area contributed by atoms with E-state index in [-0.39, 0.29) is 0 Å². The van der Waals surface area contributed by atoms with E-state index >= 15 is 0 Å². The van der Waals surface area contributed by atoms with Crippen LogP contribution in [0.4, 0.5) is 5.69 Å². The van der Waals surface area contributed by atoms with Crippen LogP contribution in [0.25, 0.3) is 5.70 Å². The molecule has 2 aliphatic rings. The van der Waals surface area contributed by atoms with Gasteiger partial charge in [0.05, 0.1) is 16.4 Å². The zero-order valence-corrected chi connectivity index (χ0v) is 14.6. The fourth-order valence-corrected chi connectivity index (χ4v) is 4.31. The normalized spacial score (nSPS) is 16.5. The average molecular weight is 361 g/mol. The average Bonchev–Trinajstić information content (AvgIpc) is 2.76. The van der Waals surface area contributed by atoms with E-state index in [0.29, 0.717) is 0 Å². The predicted octanol–water partition coefficient (Wildman–Crippen LogP) is 5.74. The van der Waals surface area contributed by atoms with Crippen LogP contribution in [-0.4, -0.2) is 5.75 Å². The summed E-state index contributed by atoms with van der Waals surface area (Å²) in [6.45, 7) is 0. The van der Waals surface area contributed by atoms with Crippen molar-refractivity contribution in [2.24, 2.45) is 0 Å². The first-order valence-electron chi connectivity index (χ1n) is 7.37. The lowest BCUT2D eigenvalue weighted by atomic mass is 10.0. The zero-order chi connectivity index (χ0) is 15.8. The highest BCUT2D eigenvalue weighted by Gasteiger charge is 2.22. The molecule has 5 heteroatoms. The number of nitrogens with one attached hydrogen (secondary N) is 1. The third-order valence-corrected chi connectivity index (χ3v) is 5.75. The Balaban J connectivity index is 1.74. The molecule has 0 fully saturated rings. The smallest absolute Gasteiger partial charge is 0.0662 e. The van der Waals surface area contributed by atoms with Crippen molar-refractivity contribution in [1.82, 2.24) is 5.43 Å². The van der Waals surface area contributed by atoms with E-state index in [1.165, 1.54) is 11.1 Å². The number of rotatable bonds is 1. The summed E-state index contributed by atoms with van der Waals surface area (Å²) >= 11 is 14.2. The predicted molar refractivity (Wildman–Crippen MR) is 99.9 cm³/mol. The van der Waals surface area contributed by atoms with Crippen molar-refractivity contribution in [3.8, 4) is 0 Å². The van der Waals surface area contributed by atoms with Gasteiger partial charge in [0.25, 0.3) is 0 Å². The SMILES string of the molecule is Clc1ccc(N2C=CC3=C(N2)c2cccc(Cl)c2SCC3)cc1. The summed E-state index contributed by atoms with van der Waals surface area (Å²) in [6.07, 6.45) is 5.25. The van der Waals surface area contributed by atoms with Gasteiger partial charge < -0.3 is 0 Å². The Bertz CT molecular complexity index is 812. The lowest BCUT2D eigenvalue weighted by Gasteiger charge is -2.29. The molecule has 0 saturated heterocycles. The summed E-state index contributed by atoms with van der Waals surface area (Å²) in [6, 6.07) is 13.9. The molecule has 0 atom stereocenters. The van der Waals surface area contributed by atoms with Gasteiger partial charge in [-0.25, -0.2) is 0 Å². The van der Waals surface area contributed by atoms with Crippen LogP contribution in [0.5, 0.6) is 0 Å². The van der Waals surface area contributed by atoms with Gasteiger partial charge in [-0.3, -0.25) is 10.4 Å². The van der Waals surface area contributed by atoms with Crippen molar-refractivity contribution >= 4 is 46.3 Å². The third kappa shape index (κ3) is 2.85. The molecule has 0 aliphatic carbocycles. The summed E-state index contributed by atoms with van der Waals surface area (Å²) < 4.78 is 0. The summed E-state index contributed by atoms with van der Waals surface area (Å²) in [4.78, 5) is 1.15. The number of halogens is 2. The number of hydrazine groups is 1. The zero-order valence-electron chi connectivity index (χ0n) is 12.2. The van der Waals surface area contributed by atoms with E-state index in [1.54, 1.807) is 0 Å². The number of benzene rings is 2. The highest BCUT2D eigenvalue weighted by molar-refractivity contribution is 7.99. The number of allylic oxidation sites excluding steroid dienone is 2. The van der Waals surface area contributed by atoms with E-state index in [9.17, 15) is 0 Å². The molecule has 2 aromatic carbocycles.